The molecule has 3 rings (SSSR count). The van der Waals surface area contributed by atoms with Gasteiger partial charge in [-0.15, -0.1) is 0 Å². The maximum absolute atomic E-state index is 12.2. The van der Waals surface area contributed by atoms with Gasteiger partial charge in [-0.05, 0) is 19.1 Å². The van der Waals surface area contributed by atoms with E-state index in [0.29, 0.717) is 29.7 Å². The minimum absolute atomic E-state index is 0.0444. The normalized spacial score (nSPS) is 15.8. The number of para-hydroxylation sites is 1. The van der Waals surface area contributed by atoms with Crippen molar-refractivity contribution in [1.82, 2.24) is 15.0 Å². The Labute approximate surface area is 133 Å². The van der Waals surface area contributed by atoms with Gasteiger partial charge in [-0.1, -0.05) is 28.9 Å². The quantitative estimate of drug-likeness (QED) is 0.869. The SMILES string of the molecule is Cc1noc(C(=O)N2CCC(Oc3ccccc3Cl)CC2)n1. The van der Waals surface area contributed by atoms with E-state index in [1.807, 2.05) is 18.2 Å². The number of carbonyl (C=O) groups excluding carboxylic acids is 1. The number of benzene rings is 1. The van der Waals surface area contributed by atoms with Crippen LogP contribution in [0.4, 0.5) is 0 Å². The van der Waals surface area contributed by atoms with Crippen LogP contribution >= 0.6 is 11.6 Å². The first-order chi connectivity index (χ1) is 10.6. The van der Waals surface area contributed by atoms with Crippen molar-refractivity contribution in [3.05, 3.63) is 41.0 Å². The van der Waals surface area contributed by atoms with Crippen molar-refractivity contribution in [2.75, 3.05) is 13.1 Å². The third-order valence-electron chi connectivity index (χ3n) is 3.57. The van der Waals surface area contributed by atoms with Gasteiger partial charge in [0.05, 0.1) is 5.02 Å². The van der Waals surface area contributed by atoms with Crippen LogP contribution in [0.25, 0.3) is 0 Å². The summed E-state index contributed by atoms with van der Waals surface area (Å²) < 4.78 is 10.8. The molecule has 7 heteroatoms. The van der Waals surface area contributed by atoms with Crippen molar-refractivity contribution in [3.8, 4) is 5.75 Å². The number of piperidine rings is 1. The van der Waals surface area contributed by atoms with Crippen LogP contribution in [0.2, 0.25) is 5.02 Å². The van der Waals surface area contributed by atoms with Gasteiger partial charge in [0.15, 0.2) is 5.82 Å². The van der Waals surface area contributed by atoms with Crippen molar-refractivity contribution >= 4 is 17.5 Å². The largest absolute Gasteiger partial charge is 0.489 e. The minimum atomic E-state index is -0.225. The molecule has 0 aliphatic carbocycles. The number of nitrogens with zero attached hydrogens (tertiary/aromatic N) is 3. The first kappa shape index (κ1) is 14.8. The van der Waals surface area contributed by atoms with E-state index in [1.54, 1.807) is 17.9 Å². The Bertz CT molecular complexity index is 666. The highest BCUT2D eigenvalue weighted by molar-refractivity contribution is 6.32. The fourth-order valence-electron chi connectivity index (χ4n) is 2.42. The van der Waals surface area contributed by atoms with Gasteiger partial charge in [-0.3, -0.25) is 4.79 Å². The van der Waals surface area contributed by atoms with Gasteiger partial charge in [0.2, 0.25) is 0 Å². The first-order valence-corrected chi connectivity index (χ1v) is 7.52. The molecule has 1 fully saturated rings. The van der Waals surface area contributed by atoms with Gasteiger partial charge in [0.1, 0.15) is 11.9 Å². The van der Waals surface area contributed by atoms with Crippen LogP contribution in [0.5, 0.6) is 5.75 Å². The van der Waals surface area contributed by atoms with E-state index >= 15 is 0 Å². The van der Waals surface area contributed by atoms with E-state index in [2.05, 4.69) is 10.1 Å². The number of likely N-dealkylation sites (tertiary alicyclic amines) is 1. The van der Waals surface area contributed by atoms with E-state index < -0.39 is 0 Å². The Hall–Kier alpha value is -2.08. The number of aryl methyl sites for hydroxylation is 1. The van der Waals surface area contributed by atoms with Crippen LogP contribution in [0.15, 0.2) is 28.8 Å². The number of aromatic nitrogens is 2. The maximum Gasteiger partial charge on any atom is 0.316 e. The van der Waals surface area contributed by atoms with Gasteiger partial charge in [0, 0.05) is 25.9 Å². The van der Waals surface area contributed by atoms with Crippen LogP contribution in [0, 0.1) is 6.92 Å². The molecule has 1 aliphatic heterocycles. The van der Waals surface area contributed by atoms with Crippen molar-refractivity contribution in [3.63, 3.8) is 0 Å². The van der Waals surface area contributed by atoms with Crippen LogP contribution in [-0.2, 0) is 0 Å². The summed E-state index contributed by atoms with van der Waals surface area (Å²) in [7, 11) is 0. The molecule has 0 spiro atoms. The molecule has 1 amide bonds. The number of amides is 1. The molecule has 22 heavy (non-hydrogen) atoms. The number of hydrogen-bond acceptors (Lipinski definition) is 5. The summed E-state index contributed by atoms with van der Waals surface area (Å²) in [4.78, 5) is 17.9. The lowest BCUT2D eigenvalue weighted by molar-refractivity contribution is 0.0551. The third kappa shape index (κ3) is 3.22. The second-order valence-corrected chi connectivity index (χ2v) is 5.59. The standard InChI is InChI=1S/C15H16ClN3O3/c1-10-17-14(22-18-10)15(20)19-8-6-11(7-9-19)21-13-5-3-2-4-12(13)16/h2-5,11H,6-9H2,1H3. The predicted molar refractivity (Wildman–Crippen MR) is 80.0 cm³/mol. The van der Waals surface area contributed by atoms with Crippen LogP contribution in [0.1, 0.15) is 29.4 Å². The number of hydrogen-bond donors (Lipinski definition) is 0. The van der Waals surface area contributed by atoms with Crippen molar-refractivity contribution < 1.29 is 14.1 Å². The van der Waals surface area contributed by atoms with Crippen LogP contribution in [0.3, 0.4) is 0 Å². The topological polar surface area (TPSA) is 68.5 Å². The van der Waals surface area contributed by atoms with Crippen LogP contribution in [-0.4, -0.2) is 40.1 Å². The molecule has 1 aromatic carbocycles. The average molecular weight is 322 g/mol. The van der Waals surface area contributed by atoms with Crippen molar-refractivity contribution in [2.45, 2.75) is 25.9 Å². The van der Waals surface area contributed by atoms with Gasteiger partial charge in [-0.25, -0.2) is 0 Å². The summed E-state index contributed by atoms with van der Waals surface area (Å²) in [6.07, 6.45) is 1.53. The Morgan fingerprint density at radius 1 is 1.36 bits per heavy atom. The lowest BCUT2D eigenvalue weighted by atomic mass is 10.1. The zero-order valence-corrected chi connectivity index (χ0v) is 12.9. The molecule has 0 saturated carbocycles. The highest BCUT2D eigenvalue weighted by Crippen LogP contribution is 2.27. The minimum Gasteiger partial charge on any atom is -0.489 e. The molecule has 2 heterocycles. The molecular formula is C15H16ClN3O3. The van der Waals surface area contributed by atoms with Crippen LogP contribution < -0.4 is 4.74 Å². The fourth-order valence-corrected chi connectivity index (χ4v) is 2.60. The van der Waals surface area contributed by atoms with E-state index in [-0.39, 0.29) is 17.9 Å². The van der Waals surface area contributed by atoms with E-state index in [9.17, 15) is 4.79 Å². The van der Waals surface area contributed by atoms with E-state index in [4.69, 9.17) is 20.9 Å². The van der Waals surface area contributed by atoms with E-state index in [1.165, 1.54) is 0 Å². The second-order valence-electron chi connectivity index (χ2n) is 5.19. The first-order valence-electron chi connectivity index (χ1n) is 7.14. The third-order valence-corrected chi connectivity index (χ3v) is 3.88. The zero-order valence-electron chi connectivity index (χ0n) is 12.2. The number of carbonyl (C=O) groups is 1. The van der Waals surface area contributed by atoms with Gasteiger partial charge >= 0.3 is 11.8 Å². The van der Waals surface area contributed by atoms with Crippen molar-refractivity contribution in [1.29, 1.82) is 0 Å². The molecule has 0 bridgehead atoms. The molecule has 1 aliphatic rings. The number of ether oxygens (including phenoxy) is 1. The van der Waals surface area contributed by atoms with Gasteiger partial charge in [-0.2, -0.15) is 4.98 Å². The lowest BCUT2D eigenvalue weighted by Gasteiger charge is -2.31. The Morgan fingerprint density at radius 2 is 2.09 bits per heavy atom. The molecule has 6 nitrogen and oxygen atoms in total. The zero-order chi connectivity index (χ0) is 15.5. The molecule has 1 saturated heterocycles. The Morgan fingerprint density at radius 3 is 2.73 bits per heavy atom. The molecule has 2 aromatic rings. The molecule has 116 valence electrons. The molecule has 0 radical (unpaired) electrons. The average Bonchev–Trinajstić information content (AvgIpc) is 2.96. The molecule has 0 atom stereocenters. The summed E-state index contributed by atoms with van der Waals surface area (Å²) in [5.74, 6) is 0.960. The smallest absolute Gasteiger partial charge is 0.316 e. The predicted octanol–water partition coefficient (Wildman–Crippen LogP) is 2.72. The summed E-state index contributed by atoms with van der Waals surface area (Å²) in [6.45, 7) is 2.87. The second kappa shape index (κ2) is 6.36. The lowest BCUT2D eigenvalue weighted by Crippen LogP contribution is -2.41. The fraction of sp³-hybridized carbons (Fsp3) is 0.400. The molecule has 0 unspecified atom stereocenters. The highest BCUT2D eigenvalue weighted by atomic mass is 35.5. The molecule has 1 aromatic heterocycles. The molecule has 0 N–H and O–H groups in total. The maximum atomic E-state index is 12.2. The molecular weight excluding hydrogens is 306 g/mol. The number of halogens is 1. The Kier molecular flexibility index (Phi) is 4.29. The van der Waals surface area contributed by atoms with Gasteiger partial charge in [0.25, 0.3) is 0 Å². The number of rotatable bonds is 3. The van der Waals surface area contributed by atoms with Gasteiger partial charge < -0.3 is 14.2 Å². The van der Waals surface area contributed by atoms with Crippen molar-refractivity contribution in [2.24, 2.45) is 0 Å². The van der Waals surface area contributed by atoms with E-state index in [0.717, 1.165) is 12.8 Å². The summed E-state index contributed by atoms with van der Waals surface area (Å²) in [6, 6.07) is 7.40. The highest BCUT2D eigenvalue weighted by Gasteiger charge is 2.27. The Balaban J connectivity index is 1.56. The summed E-state index contributed by atoms with van der Waals surface area (Å²) in [5.41, 5.74) is 0. The summed E-state index contributed by atoms with van der Waals surface area (Å²) >= 11 is 6.09. The summed E-state index contributed by atoms with van der Waals surface area (Å²) in [5, 5.41) is 4.24. The monoisotopic (exact) mass is 321 g/mol.